The fourth-order valence-corrected chi connectivity index (χ4v) is 5.10. The van der Waals surface area contributed by atoms with E-state index < -0.39 is 27.9 Å². The lowest BCUT2D eigenvalue weighted by Crippen LogP contribution is -2.45. The predicted molar refractivity (Wildman–Crippen MR) is 141 cm³/mol. The highest BCUT2D eigenvalue weighted by Gasteiger charge is 2.21. The third-order valence-electron chi connectivity index (χ3n) is 5.20. The molecule has 4 rings (SSSR count). The molecule has 0 spiro atoms. The van der Waals surface area contributed by atoms with Crippen molar-refractivity contribution in [3.63, 3.8) is 0 Å². The van der Waals surface area contributed by atoms with Crippen LogP contribution in [0, 0.1) is 0 Å². The van der Waals surface area contributed by atoms with Crippen molar-refractivity contribution in [1.29, 1.82) is 0 Å². The summed E-state index contributed by atoms with van der Waals surface area (Å²) in [6.45, 7) is -0.400. The fourth-order valence-electron chi connectivity index (χ4n) is 3.41. The minimum Gasteiger partial charge on any atom is -0.487 e. The van der Waals surface area contributed by atoms with E-state index in [0.717, 1.165) is 16.9 Å². The summed E-state index contributed by atoms with van der Waals surface area (Å²) in [5.41, 5.74) is 6.98. The number of carboxylic acid groups (broad SMARTS) is 1. The molecule has 0 radical (unpaired) electrons. The number of nitrogens with one attached hydrogen (secondary N) is 1. The highest BCUT2D eigenvalue weighted by molar-refractivity contribution is 7.91. The van der Waals surface area contributed by atoms with Crippen LogP contribution in [0.2, 0.25) is 0 Å². The van der Waals surface area contributed by atoms with Gasteiger partial charge in [-0.05, 0) is 35.9 Å². The number of rotatable bonds is 14. The van der Waals surface area contributed by atoms with E-state index in [9.17, 15) is 23.1 Å². The Labute approximate surface area is 231 Å². The molecule has 1 atom stereocenters. The number of ether oxygens (including phenoxy) is 3. The molecule has 0 bridgehead atoms. The monoisotopic (exact) mass is 591 g/mol. The first-order chi connectivity index (χ1) is 19.1. The van der Waals surface area contributed by atoms with E-state index in [-0.39, 0.29) is 37.4 Å². The molecule has 0 aliphatic carbocycles. The molecule has 40 heavy (non-hydrogen) atoms. The smallest absolute Gasteiger partial charge is 0.328 e. The van der Waals surface area contributed by atoms with E-state index in [1.807, 2.05) is 0 Å². The maximum Gasteiger partial charge on any atom is 0.328 e. The standard InChI is InChI=1S/C23H25N7O8S2/c24-13-38-16-3-1-2-14(6-16)10-36-12-19(22(32)33)26-21(31)9-30-8-15(28-29-30)11-37-17-4-5-18-20(7-17)39-23(27-18)40(25,34)35/h1-8,19H,9-13,24H2,(H,26,31)(H,32,33)(H2,25,34,35). The van der Waals surface area contributed by atoms with Crippen molar-refractivity contribution in [2.75, 3.05) is 13.3 Å². The summed E-state index contributed by atoms with van der Waals surface area (Å²) in [7, 11) is -3.91. The van der Waals surface area contributed by atoms with Crippen molar-refractivity contribution in [1.82, 2.24) is 25.3 Å². The third-order valence-corrected chi connectivity index (χ3v) is 7.53. The summed E-state index contributed by atoms with van der Waals surface area (Å²) in [5.74, 6) is -0.861. The SMILES string of the molecule is NCOc1cccc(COCC(NC(=O)Cn2cc(COc3ccc4nc(S(N)(=O)=O)sc4c3)nn2)C(=O)O)c1. The molecule has 6 N–H and O–H groups in total. The molecular formula is C23H25N7O8S2. The van der Waals surface area contributed by atoms with Crippen LogP contribution in [0.15, 0.2) is 53.0 Å². The number of hydrogen-bond donors (Lipinski definition) is 4. The van der Waals surface area contributed by atoms with Gasteiger partial charge in [0.15, 0.2) is 6.04 Å². The number of hydrogen-bond acceptors (Lipinski definition) is 12. The second-order valence-corrected chi connectivity index (χ2v) is 11.0. The zero-order valence-corrected chi connectivity index (χ0v) is 22.4. The van der Waals surface area contributed by atoms with Crippen LogP contribution in [-0.2, 0) is 44.1 Å². The van der Waals surface area contributed by atoms with E-state index in [0.29, 0.717) is 27.4 Å². The molecule has 212 valence electrons. The van der Waals surface area contributed by atoms with Crippen molar-refractivity contribution in [3.8, 4) is 11.5 Å². The van der Waals surface area contributed by atoms with Crippen LogP contribution < -0.4 is 25.7 Å². The Morgan fingerprint density at radius 2 is 1.93 bits per heavy atom. The molecule has 0 saturated heterocycles. The third kappa shape index (κ3) is 7.93. The number of nitrogens with zero attached hydrogens (tertiary/aromatic N) is 4. The van der Waals surface area contributed by atoms with Crippen molar-refractivity contribution in [2.45, 2.75) is 30.1 Å². The van der Waals surface area contributed by atoms with Gasteiger partial charge in [-0.2, -0.15) is 0 Å². The molecule has 2 heterocycles. The zero-order valence-electron chi connectivity index (χ0n) is 20.8. The van der Waals surface area contributed by atoms with Gasteiger partial charge in [0.25, 0.3) is 10.0 Å². The van der Waals surface area contributed by atoms with E-state index in [1.165, 1.54) is 10.9 Å². The van der Waals surface area contributed by atoms with Crippen LogP contribution in [0.5, 0.6) is 11.5 Å². The summed E-state index contributed by atoms with van der Waals surface area (Å²) in [5, 5.41) is 24.8. The molecule has 17 heteroatoms. The van der Waals surface area contributed by atoms with Gasteiger partial charge in [0.05, 0.1) is 29.6 Å². The Morgan fingerprint density at radius 1 is 1.12 bits per heavy atom. The van der Waals surface area contributed by atoms with E-state index in [4.69, 9.17) is 25.1 Å². The molecule has 1 amide bonds. The summed E-state index contributed by atoms with van der Waals surface area (Å²) < 4.78 is 41.0. The molecule has 4 aromatic rings. The largest absolute Gasteiger partial charge is 0.487 e. The van der Waals surface area contributed by atoms with Gasteiger partial charge in [0.2, 0.25) is 10.2 Å². The number of amides is 1. The molecule has 0 aliphatic rings. The molecule has 0 aliphatic heterocycles. The van der Waals surface area contributed by atoms with Crippen molar-refractivity contribution in [2.24, 2.45) is 10.9 Å². The average Bonchev–Trinajstić information content (AvgIpc) is 3.54. The highest BCUT2D eigenvalue weighted by Crippen LogP contribution is 2.28. The van der Waals surface area contributed by atoms with Gasteiger partial charge in [0, 0.05) is 0 Å². The summed E-state index contributed by atoms with van der Waals surface area (Å²) in [6, 6.07) is 10.5. The Morgan fingerprint density at radius 3 is 2.67 bits per heavy atom. The van der Waals surface area contributed by atoms with E-state index >= 15 is 0 Å². The van der Waals surface area contributed by atoms with Gasteiger partial charge in [-0.15, -0.1) is 16.4 Å². The lowest BCUT2D eigenvalue weighted by atomic mass is 10.2. The van der Waals surface area contributed by atoms with Crippen molar-refractivity contribution in [3.05, 3.63) is 59.9 Å². The van der Waals surface area contributed by atoms with Crippen LogP contribution in [0.1, 0.15) is 11.3 Å². The highest BCUT2D eigenvalue weighted by atomic mass is 32.2. The summed E-state index contributed by atoms with van der Waals surface area (Å²) in [6.07, 6.45) is 1.48. The first-order valence-electron chi connectivity index (χ1n) is 11.6. The summed E-state index contributed by atoms with van der Waals surface area (Å²) >= 11 is 0.923. The minimum absolute atomic E-state index is 0.0110. The normalized spacial score (nSPS) is 12.2. The Balaban J connectivity index is 1.26. The van der Waals surface area contributed by atoms with Gasteiger partial charge < -0.3 is 24.6 Å². The number of carbonyl (C=O) groups excluding carboxylic acids is 1. The van der Waals surface area contributed by atoms with Crippen LogP contribution >= 0.6 is 11.3 Å². The zero-order chi connectivity index (χ0) is 28.7. The van der Waals surface area contributed by atoms with Gasteiger partial charge >= 0.3 is 5.97 Å². The number of carbonyl (C=O) groups is 2. The lowest BCUT2D eigenvalue weighted by molar-refractivity contribution is -0.144. The number of thiazole rings is 1. The second kappa shape index (κ2) is 12.8. The second-order valence-electron chi connectivity index (χ2n) is 8.28. The molecule has 0 saturated carbocycles. The number of aromatic nitrogens is 4. The van der Waals surface area contributed by atoms with Crippen molar-refractivity contribution >= 4 is 43.5 Å². The van der Waals surface area contributed by atoms with Crippen molar-refractivity contribution < 1.29 is 37.3 Å². The van der Waals surface area contributed by atoms with Gasteiger partial charge in [-0.3, -0.25) is 10.5 Å². The molecule has 0 fully saturated rings. The average molecular weight is 592 g/mol. The summed E-state index contributed by atoms with van der Waals surface area (Å²) in [4.78, 5) is 28.0. The van der Waals surface area contributed by atoms with Crippen LogP contribution in [-0.4, -0.2) is 64.8 Å². The molecule has 2 aromatic heterocycles. The Hall–Kier alpha value is -4.16. The Bertz CT molecular complexity index is 1610. The van der Waals surface area contributed by atoms with Crippen LogP contribution in [0.4, 0.5) is 0 Å². The lowest BCUT2D eigenvalue weighted by Gasteiger charge is -2.15. The van der Waals surface area contributed by atoms with Crippen LogP contribution in [0.25, 0.3) is 10.2 Å². The minimum atomic E-state index is -3.91. The number of benzene rings is 2. The van der Waals surface area contributed by atoms with Gasteiger partial charge in [-0.25, -0.2) is 28.0 Å². The number of aliphatic carboxylic acids is 1. The first-order valence-corrected chi connectivity index (χ1v) is 13.9. The molecule has 2 aromatic carbocycles. The fraction of sp³-hybridized carbons (Fsp3) is 0.261. The molecule has 15 nitrogen and oxygen atoms in total. The van der Waals surface area contributed by atoms with Gasteiger partial charge in [-0.1, -0.05) is 17.3 Å². The quantitative estimate of drug-likeness (QED) is 0.144. The number of carboxylic acids is 1. The number of fused-ring (bicyclic) bond motifs is 1. The van der Waals surface area contributed by atoms with E-state index in [1.54, 1.807) is 42.5 Å². The number of primary sulfonamides is 1. The van der Waals surface area contributed by atoms with E-state index in [2.05, 4.69) is 20.6 Å². The number of sulfonamides is 1. The topological polar surface area (TPSA) is 224 Å². The van der Waals surface area contributed by atoms with Crippen LogP contribution in [0.3, 0.4) is 0 Å². The molecular weight excluding hydrogens is 566 g/mol. The maximum atomic E-state index is 12.4. The van der Waals surface area contributed by atoms with Gasteiger partial charge in [0.1, 0.15) is 37.1 Å². The Kier molecular flexibility index (Phi) is 9.22. The number of nitrogens with two attached hydrogens (primary N) is 2. The predicted octanol–water partition coefficient (Wildman–Crippen LogP) is 0.195. The molecule has 1 unspecified atom stereocenters. The maximum absolute atomic E-state index is 12.4. The first kappa shape index (κ1) is 28.8.